The van der Waals surface area contributed by atoms with Crippen LogP contribution in [0.4, 0.5) is 0 Å². The van der Waals surface area contributed by atoms with Crippen molar-refractivity contribution in [1.82, 2.24) is 10.2 Å². The number of piperidine rings is 1. The molecule has 0 unspecified atom stereocenters. The fraction of sp³-hybridized carbons (Fsp3) is 0.435. The molecule has 0 spiro atoms. The molecule has 2 aromatic rings. The van der Waals surface area contributed by atoms with Crippen molar-refractivity contribution in [3.05, 3.63) is 59.2 Å². The number of amides is 1. The number of likely N-dealkylation sites (tertiary alicyclic amines) is 1. The van der Waals surface area contributed by atoms with Gasteiger partial charge in [-0.1, -0.05) is 30.7 Å². The van der Waals surface area contributed by atoms with Crippen molar-refractivity contribution in [2.45, 2.75) is 39.3 Å². The Balaban J connectivity index is 1.54. The second-order valence-electron chi connectivity index (χ2n) is 7.13. The number of methoxy groups -OCH3 is 1. The van der Waals surface area contributed by atoms with E-state index in [-0.39, 0.29) is 5.91 Å². The van der Waals surface area contributed by atoms with Gasteiger partial charge in [-0.05, 0) is 62.2 Å². The van der Waals surface area contributed by atoms with Crippen LogP contribution in [0.2, 0.25) is 0 Å². The van der Waals surface area contributed by atoms with E-state index in [0.29, 0.717) is 30.2 Å². The SMILES string of the molecule is CCOc1ccc(C(=O)NCc2ccc(CN3CCCCC3)cc2)cc1OC. The van der Waals surface area contributed by atoms with Crippen LogP contribution >= 0.6 is 0 Å². The topological polar surface area (TPSA) is 50.8 Å². The summed E-state index contributed by atoms with van der Waals surface area (Å²) in [4.78, 5) is 15.0. The predicted molar refractivity (Wildman–Crippen MR) is 111 cm³/mol. The summed E-state index contributed by atoms with van der Waals surface area (Å²) >= 11 is 0. The van der Waals surface area contributed by atoms with E-state index in [2.05, 4.69) is 34.5 Å². The maximum atomic E-state index is 12.5. The van der Waals surface area contributed by atoms with Gasteiger partial charge in [0.25, 0.3) is 5.91 Å². The van der Waals surface area contributed by atoms with E-state index in [1.165, 1.54) is 37.9 Å². The largest absolute Gasteiger partial charge is 0.493 e. The lowest BCUT2D eigenvalue weighted by Crippen LogP contribution is -2.29. The molecule has 0 atom stereocenters. The molecular formula is C23H30N2O3. The molecule has 1 amide bonds. The minimum Gasteiger partial charge on any atom is -0.493 e. The Morgan fingerprint density at radius 1 is 1.00 bits per heavy atom. The van der Waals surface area contributed by atoms with E-state index in [9.17, 15) is 4.79 Å². The van der Waals surface area contributed by atoms with Gasteiger partial charge in [-0.15, -0.1) is 0 Å². The molecule has 3 rings (SSSR count). The van der Waals surface area contributed by atoms with Crippen LogP contribution in [0, 0.1) is 0 Å². The molecule has 1 heterocycles. The van der Waals surface area contributed by atoms with Crippen LogP contribution in [0.1, 0.15) is 47.7 Å². The monoisotopic (exact) mass is 382 g/mol. The lowest BCUT2D eigenvalue weighted by atomic mass is 10.1. The van der Waals surface area contributed by atoms with Crippen LogP contribution < -0.4 is 14.8 Å². The number of nitrogens with zero attached hydrogens (tertiary/aromatic N) is 1. The number of ether oxygens (including phenoxy) is 2. The van der Waals surface area contributed by atoms with Gasteiger partial charge in [0.05, 0.1) is 13.7 Å². The molecule has 0 saturated carbocycles. The first kappa shape index (κ1) is 20.2. The molecule has 0 bridgehead atoms. The number of carbonyl (C=O) groups is 1. The van der Waals surface area contributed by atoms with Crippen molar-refractivity contribution >= 4 is 5.91 Å². The zero-order valence-corrected chi connectivity index (χ0v) is 16.9. The molecular weight excluding hydrogens is 352 g/mol. The summed E-state index contributed by atoms with van der Waals surface area (Å²) < 4.78 is 10.8. The average Bonchev–Trinajstić information content (AvgIpc) is 2.74. The molecule has 1 N–H and O–H groups in total. The third-order valence-electron chi connectivity index (χ3n) is 5.06. The second kappa shape index (κ2) is 10.1. The highest BCUT2D eigenvalue weighted by atomic mass is 16.5. The van der Waals surface area contributed by atoms with E-state index in [1.807, 2.05) is 6.92 Å². The van der Waals surface area contributed by atoms with Crippen LogP contribution in [-0.2, 0) is 13.1 Å². The maximum Gasteiger partial charge on any atom is 0.251 e. The van der Waals surface area contributed by atoms with E-state index in [4.69, 9.17) is 9.47 Å². The fourth-order valence-corrected chi connectivity index (χ4v) is 3.51. The van der Waals surface area contributed by atoms with Gasteiger partial charge in [-0.25, -0.2) is 0 Å². The molecule has 150 valence electrons. The van der Waals surface area contributed by atoms with Gasteiger partial charge in [-0.3, -0.25) is 9.69 Å². The van der Waals surface area contributed by atoms with Crippen LogP contribution in [0.5, 0.6) is 11.5 Å². The fourth-order valence-electron chi connectivity index (χ4n) is 3.51. The summed E-state index contributed by atoms with van der Waals surface area (Å²) in [7, 11) is 1.57. The number of hydrogen-bond acceptors (Lipinski definition) is 4. The molecule has 28 heavy (non-hydrogen) atoms. The highest BCUT2D eigenvalue weighted by Crippen LogP contribution is 2.28. The minimum atomic E-state index is -0.126. The lowest BCUT2D eigenvalue weighted by Gasteiger charge is -2.26. The van der Waals surface area contributed by atoms with Crippen molar-refractivity contribution in [3.63, 3.8) is 0 Å². The zero-order valence-electron chi connectivity index (χ0n) is 16.9. The van der Waals surface area contributed by atoms with E-state index >= 15 is 0 Å². The standard InChI is InChI=1S/C23H30N2O3/c1-3-28-21-12-11-20(15-22(21)27-2)23(26)24-16-18-7-9-19(10-8-18)17-25-13-5-4-6-14-25/h7-12,15H,3-6,13-14,16-17H2,1-2H3,(H,24,26). The Hall–Kier alpha value is -2.53. The first-order chi connectivity index (χ1) is 13.7. The van der Waals surface area contributed by atoms with Crippen LogP contribution in [0.15, 0.2) is 42.5 Å². The van der Waals surface area contributed by atoms with Crippen molar-refractivity contribution in [2.24, 2.45) is 0 Å². The summed E-state index contributed by atoms with van der Waals surface area (Å²) in [6.07, 6.45) is 3.97. The lowest BCUT2D eigenvalue weighted by molar-refractivity contribution is 0.0950. The van der Waals surface area contributed by atoms with Gasteiger partial charge < -0.3 is 14.8 Å². The van der Waals surface area contributed by atoms with Gasteiger partial charge >= 0.3 is 0 Å². The Kier molecular flexibility index (Phi) is 7.31. The van der Waals surface area contributed by atoms with E-state index < -0.39 is 0 Å². The van der Waals surface area contributed by atoms with Gasteiger partial charge in [0.15, 0.2) is 11.5 Å². The highest BCUT2D eigenvalue weighted by molar-refractivity contribution is 5.94. The Bertz CT molecular complexity index is 768. The first-order valence-electron chi connectivity index (χ1n) is 10.1. The van der Waals surface area contributed by atoms with Crippen molar-refractivity contribution in [2.75, 3.05) is 26.8 Å². The molecule has 0 radical (unpaired) electrons. The molecule has 1 aliphatic heterocycles. The normalized spacial score (nSPS) is 14.5. The quantitative estimate of drug-likeness (QED) is 0.749. The Labute approximate surface area is 167 Å². The van der Waals surface area contributed by atoms with Crippen LogP contribution in [0.3, 0.4) is 0 Å². The Morgan fingerprint density at radius 2 is 1.71 bits per heavy atom. The molecule has 1 fully saturated rings. The summed E-state index contributed by atoms with van der Waals surface area (Å²) in [6, 6.07) is 13.8. The van der Waals surface area contributed by atoms with Gasteiger partial charge in [0.1, 0.15) is 0 Å². The van der Waals surface area contributed by atoms with Crippen molar-refractivity contribution in [1.29, 1.82) is 0 Å². The van der Waals surface area contributed by atoms with Crippen LogP contribution in [-0.4, -0.2) is 37.6 Å². The third-order valence-corrected chi connectivity index (χ3v) is 5.06. The van der Waals surface area contributed by atoms with Crippen LogP contribution in [0.25, 0.3) is 0 Å². The average molecular weight is 383 g/mol. The van der Waals surface area contributed by atoms with Crippen molar-refractivity contribution < 1.29 is 14.3 Å². The molecule has 5 nitrogen and oxygen atoms in total. The highest BCUT2D eigenvalue weighted by Gasteiger charge is 2.12. The molecule has 5 heteroatoms. The number of rotatable bonds is 8. The number of benzene rings is 2. The number of nitrogens with one attached hydrogen (secondary N) is 1. The smallest absolute Gasteiger partial charge is 0.251 e. The number of hydrogen-bond donors (Lipinski definition) is 1. The summed E-state index contributed by atoms with van der Waals surface area (Å²) in [5.74, 6) is 1.08. The second-order valence-corrected chi connectivity index (χ2v) is 7.13. The summed E-state index contributed by atoms with van der Waals surface area (Å²) in [6.45, 7) is 6.37. The Morgan fingerprint density at radius 3 is 2.39 bits per heavy atom. The summed E-state index contributed by atoms with van der Waals surface area (Å²) in [5, 5.41) is 2.97. The predicted octanol–water partition coefficient (Wildman–Crippen LogP) is 4.01. The molecule has 0 aromatic heterocycles. The zero-order chi connectivity index (χ0) is 19.8. The molecule has 1 aliphatic rings. The van der Waals surface area contributed by atoms with E-state index in [1.54, 1.807) is 25.3 Å². The maximum absolute atomic E-state index is 12.5. The van der Waals surface area contributed by atoms with Gasteiger partial charge in [-0.2, -0.15) is 0 Å². The third kappa shape index (κ3) is 5.49. The number of carbonyl (C=O) groups excluding carboxylic acids is 1. The first-order valence-corrected chi connectivity index (χ1v) is 10.1. The van der Waals surface area contributed by atoms with E-state index in [0.717, 1.165) is 12.1 Å². The molecule has 1 saturated heterocycles. The molecule has 2 aromatic carbocycles. The van der Waals surface area contributed by atoms with Crippen molar-refractivity contribution in [3.8, 4) is 11.5 Å². The van der Waals surface area contributed by atoms with Gasteiger partial charge in [0, 0.05) is 18.7 Å². The molecule has 0 aliphatic carbocycles. The minimum absolute atomic E-state index is 0.126. The summed E-state index contributed by atoms with van der Waals surface area (Å²) in [5.41, 5.74) is 2.98. The van der Waals surface area contributed by atoms with Gasteiger partial charge in [0.2, 0.25) is 0 Å².